The second-order valence-corrected chi connectivity index (χ2v) is 4.28. The molecule has 0 unspecified atom stereocenters. The van der Waals surface area contributed by atoms with Crippen LogP contribution in [0.2, 0.25) is 0 Å². The van der Waals surface area contributed by atoms with Crippen molar-refractivity contribution in [3.8, 4) is 0 Å². The average molecular weight is 216 g/mol. The Hall–Kier alpha value is -1.04. The van der Waals surface area contributed by atoms with Gasteiger partial charge < -0.3 is 0 Å². The normalized spacial score (nSPS) is 28.0. The number of hydrogen-bond donors (Lipinski definition) is 0. The van der Waals surface area contributed by atoms with Gasteiger partial charge in [-0.3, -0.25) is 0 Å². The van der Waals surface area contributed by atoms with E-state index in [9.17, 15) is 0 Å². The van der Waals surface area contributed by atoms with Gasteiger partial charge in [0.05, 0.1) is 0 Å². The monoisotopic (exact) mass is 216 g/mol. The predicted octanol–water partition coefficient (Wildman–Crippen LogP) is 5.35. The van der Waals surface area contributed by atoms with Crippen LogP contribution in [-0.2, 0) is 0 Å². The second-order valence-electron chi connectivity index (χ2n) is 4.28. The minimum absolute atomic E-state index is 1.22. The van der Waals surface area contributed by atoms with Gasteiger partial charge in [-0.25, -0.2) is 0 Å². The minimum atomic E-state index is 1.22. The van der Waals surface area contributed by atoms with Gasteiger partial charge in [0.1, 0.15) is 0 Å². The molecular formula is C16H24. The van der Waals surface area contributed by atoms with Crippen molar-refractivity contribution in [3.05, 3.63) is 48.6 Å². The van der Waals surface area contributed by atoms with Crippen molar-refractivity contribution in [1.29, 1.82) is 0 Å². The fourth-order valence-corrected chi connectivity index (χ4v) is 1.75. The van der Waals surface area contributed by atoms with Crippen molar-refractivity contribution in [3.63, 3.8) is 0 Å². The Balaban J connectivity index is 2.29. The van der Waals surface area contributed by atoms with E-state index in [1.165, 1.54) is 51.4 Å². The Morgan fingerprint density at radius 1 is 0.375 bits per heavy atom. The molecule has 0 saturated heterocycles. The van der Waals surface area contributed by atoms with Gasteiger partial charge in [0.25, 0.3) is 0 Å². The summed E-state index contributed by atoms with van der Waals surface area (Å²) in [5.74, 6) is 0. The Morgan fingerprint density at radius 2 is 0.625 bits per heavy atom. The molecule has 0 atom stereocenters. The lowest BCUT2D eigenvalue weighted by Crippen LogP contribution is -1.74. The highest BCUT2D eigenvalue weighted by molar-refractivity contribution is 5.04. The van der Waals surface area contributed by atoms with E-state index >= 15 is 0 Å². The number of hydrogen-bond acceptors (Lipinski definition) is 0. The van der Waals surface area contributed by atoms with Crippen LogP contribution in [0.3, 0.4) is 0 Å². The van der Waals surface area contributed by atoms with E-state index in [4.69, 9.17) is 0 Å². The van der Waals surface area contributed by atoms with Crippen molar-refractivity contribution in [2.45, 2.75) is 51.4 Å². The molecule has 0 radical (unpaired) electrons. The highest BCUT2D eigenvalue weighted by Crippen LogP contribution is 2.05. The van der Waals surface area contributed by atoms with Crippen LogP contribution in [0.15, 0.2) is 48.6 Å². The maximum absolute atomic E-state index is 2.28. The lowest BCUT2D eigenvalue weighted by Gasteiger charge is -1.94. The molecule has 88 valence electrons. The van der Waals surface area contributed by atoms with Crippen molar-refractivity contribution in [2.75, 3.05) is 0 Å². The zero-order valence-corrected chi connectivity index (χ0v) is 10.3. The van der Waals surface area contributed by atoms with Crippen molar-refractivity contribution < 1.29 is 0 Å². The maximum Gasteiger partial charge on any atom is -0.0347 e. The quantitative estimate of drug-likeness (QED) is 0.512. The molecule has 0 heteroatoms. The molecule has 0 bridgehead atoms. The van der Waals surface area contributed by atoms with E-state index in [0.717, 1.165) is 0 Å². The molecule has 0 heterocycles. The summed E-state index contributed by atoms with van der Waals surface area (Å²) in [4.78, 5) is 0. The van der Waals surface area contributed by atoms with Crippen molar-refractivity contribution >= 4 is 0 Å². The zero-order valence-electron chi connectivity index (χ0n) is 10.3. The van der Waals surface area contributed by atoms with Crippen LogP contribution in [0, 0.1) is 0 Å². The fourth-order valence-electron chi connectivity index (χ4n) is 1.75. The first-order valence-corrected chi connectivity index (χ1v) is 6.63. The number of rotatable bonds is 0. The van der Waals surface area contributed by atoms with Gasteiger partial charge in [0.2, 0.25) is 0 Å². The highest BCUT2D eigenvalue weighted by Gasteiger charge is 1.85. The van der Waals surface area contributed by atoms with Gasteiger partial charge in [0, 0.05) is 0 Å². The first-order valence-electron chi connectivity index (χ1n) is 6.63. The Bertz CT molecular complexity index is 197. The first-order chi connectivity index (χ1) is 8.00. The average Bonchev–Trinajstić information content (AvgIpc) is 2.29. The molecule has 0 aromatic rings. The Labute approximate surface area is 100 Å². The Morgan fingerprint density at radius 3 is 0.875 bits per heavy atom. The van der Waals surface area contributed by atoms with Crippen LogP contribution in [-0.4, -0.2) is 0 Å². The molecule has 0 aliphatic heterocycles. The van der Waals surface area contributed by atoms with E-state index < -0.39 is 0 Å². The first kappa shape index (κ1) is 13.0. The smallest absolute Gasteiger partial charge is 0.0347 e. The molecule has 0 fully saturated rings. The molecule has 1 aliphatic carbocycles. The molecule has 0 nitrogen and oxygen atoms in total. The van der Waals surface area contributed by atoms with Crippen LogP contribution in [0.5, 0.6) is 0 Å². The molecule has 0 N–H and O–H groups in total. The third kappa shape index (κ3) is 8.28. The molecule has 0 spiro atoms. The fraction of sp³-hybridized carbons (Fsp3) is 0.500. The molecule has 16 heavy (non-hydrogen) atoms. The van der Waals surface area contributed by atoms with Crippen molar-refractivity contribution in [1.82, 2.24) is 0 Å². The van der Waals surface area contributed by atoms with E-state index in [0.29, 0.717) is 0 Å². The summed E-state index contributed by atoms with van der Waals surface area (Å²) in [7, 11) is 0. The summed E-state index contributed by atoms with van der Waals surface area (Å²) in [6.07, 6.45) is 28.0. The van der Waals surface area contributed by atoms with E-state index in [-0.39, 0.29) is 0 Å². The highest BCUT2D eigenvalue weighted by atomic mass is 13.9. The van der Waals surface area contributed by atoms with Gasteiger partial charge in [-0.2, -0.15) is 0 Å². The summed E-state index contributed by atoms with van der Waals surface area (Å²) in [6.45, 7) is 0. The number of allylic oxidation sites excluding steroid dienone is 8. The molecule has 0 saturated carbocycles. The van der Waals surface area contributed by atoms with Gasteiger partial charge in [-0.15, -0.1) is 0 Å². The van der Waals surface area contributed by atoms with Crippen LogP contribution in [0.1, 0.15) is 51.4 Å². The summed E-state index contributed by atoms with van der Waals surface area (Å²) >= 11 is 0. The minimum Gasteiger partial charge on any atom is -0.0845 e. The SMILES string of the molecule is C1=C\CCCC/C=C\C=C/CCCC\C=C/1. The summed E-state index contributed by atoms with van der Waals surface area (Å²) in [6, 6.07) is 0. The van der Waals surface area contributed by atoms with Crippen LogP contribution in [0.4, 0.5) is 0 Å². The van der Waals surface area contributed by atoms with E-state index in [2.05, 4.69) is 48.6 Å². The molecular weight excluding hydrogens is 192 g/mol. The summed E-state index contributed by atoms with van der Waals surface area (Å²) in [5, 5.41) is 0. The third-order valence-electron chi connectivity index (χ3n) is 2.75. The van der Waals surface area contributed by atoms with Crippen LogP contribution in [0.25, 0.3) is 0 Å². The molecule has 0 aromatic carbocycles. The third-order valence-corrected chi connectivity index (χ3v) is 2.75. The lowest BCUT2D eigenvalue weighted by atomic mass is 10.1. The maximum atomic E-state index is 2.28. The van der Waals surface area contributed by atoms with Gasteiger partial charge in [-0.05, 0) is 51.4 Å². The summed E-state index contributed by atoms with van der Waals surface area (Å²) in [5.41, 5.74) is 0. The van der Waals surface area contributed by atoms with Crippen LogP contribution >= 0.6 is 0 Å². The lowest BCUT2D eigenvalue weighted by molar-refractivity contribution is 0.758. The van der Waals surface area contributed by atoms with Gasteiger partial charge in [0.15, 0.2) is 0 Å². The largest absolute Gasteiger partial charge is 0.0845 e. The Kier molecular flexibility index (Phi) is 8.53. The van der Waals surface area contributed by atoms with Gasteiger partial charge >= 0.3 is 0 Å². The van der Waals surface area contributed by atoms with Crippen LogP contribution < -0.4 is 0 Å². The van der Waals surface area contributed by atoms with Crippen molar-refractivity contribution in [2.24, 2.45) is 0 Å². The zero-order chi connectivity index (χ0) is 11.3. The van der Waals surface area contributed by atoms with Gasteiger partial charge in [-0.1, -0.05) is 48.6 Å². The van der Waals surface area contributed by atoms with E-state index in [1.54, 1.807) is 0 Å². The van der Waals surface area contributed by atoms with E-state index in [1.807, 2.05) is 0 Å². The molecule has 1 rings (SSSR count). The topological polar surface area (TPSA) is 0 Å². The molecule has 0 amide bonds. The molecule has 1 aliphatic rings. The standard InChI is InChI=1S/C16H24/c1-2-4-6-8-10-12-14-16-15-13-11-9-7-5-3-1/h1-4,13-16H,5-12H2/b3-1-,4-2-,15-13-,16-14-. The molecule has 0 aromatic heterocycles. The predicted molar refractivity (Wildman–Crippen MR) is 73.5 cm³/mol. The summed E-state index contributed by atoms with van der Waals surface area (Å²) < 4.78 is 0. The second kappa shape index (κ2) is 10.5.